The Balaban J connectivity index is 1.84. The maximum atomic E-state index is 12.6. The summed E-state index contributed by atoms with van der Waals surface area (Å²) in [5, 5.41) is 8.96. The van der Waals surface area contributed by atoms with Gasteiger partial charge in [0.05, 0.1) is 19.4 Å². The highest BCUT2D eigenvalue weighted by molar-refractivity contribution is 6.31. The van der Waals surface area contributed by atoms with E-state index in [1.54, 1.807) is 30.7 Å². The van der Waals surface area contributed by atoms with E-state index in [1.165, 1.54) is 0 Å². The number of aliphatic imine (C=N–C) groups is 2. The zero-order chi connectivity index (χ0) is 15.4. The minimum absolute atomic E-state index is 0.0340. The van der Waals surface area contributed by atoms with Gasteiger partial charge >= 0.3 is 0 Å². The Morgan fingerprint density at radius 3 is 2.95 bits per heavy atom. The molecule has 22 heavy (non-hydrogen) atoms. The Bertz CT molecular complexity index is 625. The van der Waals surface area contributed by atoms with Gasteiger partial charge in [0.1, 0.15) is 18.1 Å². The summed E-state index contributed by atoms with van der Waals surface area (Å²) in [6.45, 7) is 0.150. The summed E-state index contributed by atoms with van der Waals surface area (Å²) < 4.78 is 5.65. The minimum Gasteiger partial charge on any atom is -0.394 e. The van der Waals surface area contributed by atoms with Gasteiger partial charge in [-0.25, -0.2) is 0 Å². The predicted molar refractivity (Wildman–Crippen MR) is 82.9 cm³/mol. The molecule has 6 heteroatoms. The van der Waals surface area contributed by atoms with Crippen molar-refractivity contribution in [3.63, 3.8) is 0 Å². The van der Waals surface area contributed by atoms with E-state index in [0.29, 0.717) is 17.8 Å². The molecule has 6 nitrogen and oxygen atoms in total. The second kappa shape index (κ2) is 6.64. The molecule has 3 rings (SSSR count). The zero-order valence-corrected chi connectivity index (χ0v) is 12.0. The first kappa shape index (κ1) is 14.6. The van der Waals surface area contributed by atoms with Gasteiger partial charge in [0, 0.05) is 24.4 Å². The number of nitrogens with zero attached hydrogens (tertiary/aromatic N) is 3. The summed E-state index contributed by atoms with van der Waals surface area (Å²) in [6.07, 6.45) is 5.13. The molecule has 0 aliphatic carbocycles. The number of ether oxygens (including phenoxy) is 1. The van der Waals surface area contributed by atoms with E-state index < -0.39 is 6.04 Å². The van der Waals surface area contributed by atoms with E-state index >= 15 is 0 Å². The lowest BCUT2D eigenvalue weighted by Crippen LogP contribution is -2.47. The molecule has 0 aromatic heterocycles. The number of aliphatic hydroxyl groups excluding tert-OH is 1. The van der Waals surface area contributed by atoms with Gasteiger partial charge in [-0.05, 0) is 0 Å². The number of ketones is 1. The normalized spacial score (nSPS) is 23.1. The van der Waals surface area contributed by atoms with Crippen LogP contribution >= 0.6 is 0 Å². The molecule has 0 saturated carbocycles. The fourth-order valence-corrected chi connectivity index (χ4v) is 2.52. The third-order valence-electron chi connectivity index (χ3n) is 3.55. The summed E-state index contributed by atoms with van der Waals surface area (Å²) in [5.41, 5.74) is 0.634. The Morgan fingerprint density at radius 2 is 2.18 bits per heavy atom. The molecule has 2 heterocycles. The lowest BCUT2D eigenvalue weighted by Gasteiger charge is -2.36. The van der Waals surface area contributed by atoms with Gasteiger partial charge in [-0.1, -0.05) is 30.3 Å². The molecule has 0 fully saturated rings. The summed E-state index contributed by atoms with van der Waals surface area (Å²) in [4.78, 5) is 23.0. The van der Waals surface area contributed by atoms with Gasteiger partial charge in [-0.3, -0.25) is 14.8 Å². The van der Waals surface area contributed by atoms with Crippen molar-refractivity contribution >= 4 is 17.8 Å². The van der Waals surface area contributed by atoms with Gasteiger partial charge < -0.3 is 14.7 Å². The lowest BCUT2D eigenvalue weighted by molar-refractivity contribution is -0.0343. The Morgan fingerprint density at radius 1 is 1.36 bits per heavy atom. The van der Waals surface area contributed by atoms with E-state index in [2.05, 4.69) is 9.98 Å². The van der Waals surface area contributed by atoms with Gasteiger partial charge in [0.15, 0.2) is 5.78 Å². The minimum atomic E-state index is -0.504. The predicted octanol–water partition coefficient (Wildman–Crippen LogP) is 1.23. The SMILES string of the molecule is O=C(c1ccccc1)C1CC(OCCO)N2C=CN=CC2=N1. The molecule has 2 unspecified atom stereocenters. The fourth-order valence-electron chi connectivity index (χ4n) is 2.52. The van der Waals surface area contributed by atoms with Gasteiger partial charge in [-0.2, -0.15) is 0 Å². The molecule has 2 aliphatic heterocycles. The van der Waals surface area contributed by atoms with Crippen molar-refractivity contribution in [1.82, 2.24) is 4.90 Å². The summed E-state index contributed by atoms with van der Waals surface area (Å²) >= 11 is 0. The van der Waals surface area contributed by atoms with Gasteiger partial charge in [0.25, 0.3) is 0 Å². The average molecular weight is 299 g/mol. The number of amidine groups is 1. The molecular weight excluding hydrogens is 282 g/mol. The van der Waals surface area contributed by atoms with Crippen molar-refractivity contribution in [3.05, 3.63) is 48.3 Å². The second-order valence-electron chi connectivity index (χ2n) is 5.00. The van der Waals surface area contributed by atoms with Crippen LogP contribution in [0, 0.1) is 0 Å². The molecular formula is C16H17N3O3. The first-order valence-electron chi connectivity index (χ1n) is 7.17. The Hall–Kier alpha value is -2.31. The Labute approximate surface area is 128 Å². The van der Waals surface area contributed by atoms with Gasteiger partial charge in [0.2, 0.25) is 0 Å². The van der Waals surface area contributed by atoms with Crippen LogP contribution in [-0.2, 0) is 4.74 Å². The zero-order valence-electron chi connectivity index (χ0n) is 12.0. The molecule has 2 aliphatic rings. The van der Waals surface area contributed by atoms with Crippen LogP contribution in [0.3, 0.4) is 0 Å². The van der Waals surface area contributed by atoms with Gasteiger partial charge in [-0.15, -0.1) is 0 Å². The van der Waals surface area contributed by atoms with E-state index in [1.807, 2.05) is 23.1 Å². The van der Waals surface area contributed by atoms with E-state index in [-0.39, 0.29) is 25.2 Å². The lowest BCUT2D eigenvalue weighted by atomic mass is 9.99. The Kier molecular flexibility index (Phi) is 4.41. The first-order chi connectivity index (χ1) is 10.8. The van der Waals surface area contributed by atoms with Crippen molar-refractivity contribution < 1.29 is 14.6 Å². The summed E-state index contributed by atoms with van der Waals surface area (Å²) in [7, 11) is 0. The molecule has 0 saturated heterocycles. The maximum Gasteiger partial charge on any atom is 0.187 e. The van der Waals surface area contributed by atoms with Crippen LogP contribution in [0.25, 0.3) is 0 Å². The van der Waals surface area contributed by atoms with Crippen molar-refractivity contribution in [2.75, 3.05) is 13.2 Å². The third kappa shape index (κ3) is 2.98. The second-order valence-corrected chi connectivity index (χ2v) is 5.00. The van der Waals surface area contributed by atoms with Crippen LogP contribution in [-0.4, -0.2) is 53.3 Å². The molecule has 0 spiro atoms. The largest absolute Gasteiger partial charge is 0.394 e. The number of carbonyl (C=O) groups excluding carboxylic acids is 1. The van der Waals surface area contributed by atoms with Crippen molar-refractivity contribution in [2.24, 2.45) is 9.98 Å². The molecule has 1 aromatic carbocycles. The molecule has 0 radical (unpaired) electrons. The van der Waals surface area contributed by atoms with Crippen LogP contribution in [0.4, 0.5) is 0 Å². The highest BCUT2D eigenvalue weighted by atomic mass is 16.5. The highest BCUT2D eigenvalue weighted by Crippen LogP contribution is 2.23. The molecule has 2 atom stereocenters. The number of hydrogen-bond donors (Lipinski definition) is 1. The van der Waals surface area contributed by atoms with Crippen LogP contribution in [0.2, 0.25) is 0 Å². The topological polar surface area (TPSA) is 74.5 Å². The number of Topliss-reactive ketones (excluding diaryl/α,β-unsaturated/α-hetero) is 1. The highest BCUT2D eigenvalue weighted by Gasteiger charge is 2.34. The van der Waals surface area contributed by atoms with Crippen LogP contribution in [0.15, 0.2) is 52.7 Å². The number of rotatable bonds is 5. The summed E-state index contributed by atoms with van der Waals surface area (Å²) in [5.74, 6) is 0.569. The molecule has 0 amide bonds. The standard InChI is InChI=1S/C16H17N3O3/c20-8-9-22-15-10-13(16(21)12-4-2-1-3-5-12)18-14-11-17-6-7-19(14)15/h1-7,11,13,15,20H,8-10H2. The molecule has 0 bridgehead atoms. The van der Waals surface area contributed by atoms with Crippen molar-refractivity contribution in [1.29, 1.82) is 0 Å². The number of aliphatic hydroxyl groups is 1. The smallest absolute Gasteiger partial charge is 0.187 e. The van der Waals surface area contributed by atoms with E-state index in [0.717, 1.165) is 0 Å². The van der Waals surface area contributed by atoms with E-state index in [4.69, 9.17) is 9.84 Å². The molecule has 1 N–H and O–H groups in total. The quantitative estimate of drug-likeness (QED) is 0.830. The average Bonchev–Trinajstić information content (AvgIpc) is 2.59. The molecule has 114 valence electrons. The third-order valence-corrected chi connectivity index (χ3v) is 3.55. The maximum absolute atomic E-state index is 12.6. The number of hydrogen-bond acceptors (Lipinski definition) is 6. The van der Waals surface area contributed by atoms with Crippen LogP contribution < -0.4 is 0 Å². The number of carbonyl (C=O) groups is 1. The first-order valence-corrected chi connectivity index (χ1v) is 7.17. The molecule has 1 aromatic rings. The van der Waals surface area contributed by atoms with Crippen molar-refractivity contribution in [3.8, 4) is 0 Å². The van der Waals surface area contributed by atoms with Crippen molar-refractivity contribution in [2.45, 2.75) is 18.7 Å². The van der Waals surface area contributed by atoms with Crippen LogP contribution in [0.5, 0.6) is 0 Å². The fraction of sp³-hybridized carbons (Fsp3) is 0.312. The van der Waals surface area contributed by atoms with E-state index in [9.17, 15) is 4.79 Å². The monoisotopic (exact) mass is 299 g/mol. The van der Waals surface area contributed by atoms with Crippen LogP contribution in [0.1, 0.15) is 16.8 Å². The number of fused-ring (bicyclic) bond motifs is 1. The summed E-state index contributed by atoms with van der Waals surface area (Å²) in [6, 6.07) is 8.60. The number of benzene rings is 1.